The van der Waals surface area contributed by atoms with Crippen molar-refractivity contribution in [1.82, 2.24) is 39.5 Å². The zero-order chi connectivity index (χ0) is 21.2. The SMILES string of the molecule is Cn1nccc1-c1ccnc2c1cnn2CC(=O)Nc1ccc(-c2cnccn2)cn1. The van der Waals surface area contributed by atoms with Crippen molar-refractivity contribution >= 4 is 22.8 Å². The summed E-state index contributed by atoms with van der Waals surface area (Å²) in [5, 5.41) is 12.2. The summed E-state index contributed by atoms with van der Waals surface area (Å²) in [7, 11) is 1.88. The van der Waals surface area contributed by atoms with Gasteiger partial charge in [0.25, 0.3) is 0 Å². The largest absolute Gasteiger partial charge is 0.309 e. The molecule has 0 saturated heterocycles. The van der Waals surface area contributed by atoms with Crippen LogP contribution in [0.25, 0.3) is 33.5 Å². The zero-order valence-electron chi connectivity index (χ0n) is 16.5. The first-order valence-corrected chi connectivity index (χ1v) is 9.50. The van der Waals surface area contributed by atoms with Gasteiger partial charge in [-0.2, -0.15) is 10.2 Å². The molecule has 152 valence electrons. The molecule has 1 amide bonds. The highest BCUT2D eigenvalue weighted by molar-refractivity contribution is 5.94. The fraction of sp³-hybridized carbons (Fsp3) is 0.0952. The van der Waals surface area contributed by atoms with E-state index in [0.29, 0.717) is 17.2 Å². The normalized spacial score (nSPS) is 11.0. The molecule has 0 atom stereocenters. The van der Waals surface area contributed by atoms with Crippen LogP contribution in [0.3, 0.4) is 0 Å². The zero-order valence-corrected chi connectivity index (χ0v) is 16.5. The number of amides is 1. The molecule has 0 aromatic carbocycles. The van der Waals surface area contributed by atoms with E-state index in [2.05, 4.69) is 35.5 Å². The molecule has 5 rings (SSSR count). The van der Waals surface area contributed by atoms with E-state index in [1.807, 2.05) is 25.2 Å². The third-order valence-corrected chi connectivity index (χ3v) is 4.82. The lowest BCUT2D eigenvalue weighted by molar-refractivity contribution is -0.116. The van der Waals surface area contributed by atoms with Crippen LogP contribution < -0.4 is 5.32 Å². The number of pyridine rings is 2. The molecule has 0 saturated carbocycles. The van der Waals surface area contributed by atoms with Crippen LogP contribution in [0.1, 0.15) is 0 Å². The standard InChI is InChI=1S/C21H17N9O/c1-29-18(5-7-26-29)15-4-6-24-21-16(15)11-27-30(21)13-20(31)28-19-3-2-14(10-25-19)17-12-22-8-9-23-17/h2-12H,13H2,1H3,(H,25,28,31). The summed E-state index contributed by atoms with van der Waals surface area (Å²) in [6, 6.07) is 7.39. The summed E-state index contributed by atoms with van der Waals surface area (Å²) in [4.78, 5) is 29.5. The highest BCUT2D eigenvalue weighted by Crippen LogP contribution is 2.26. The third kappa shape index (κ3) is 3.62. The molecule has 0 bridgehead atoms. The Bertz CT molecular complexity index is 1360. The second-order valence-electron chi connectivity index (χ2n) is 6.81. The Morgan fingerprint density at radius 2 is 1.87 bits per heavy atom. The number of aromatic nitrogens is 8. The smallest absolute Gasteiger partial charge is 0.247 e. The predicted molar refractivity (Wildman–Crippen MR) is 114 cm³/mol. The van der Waals surface area contributed by atoms with Gasteiger partial charge < -0.3 is 5.32 Å². The monoisotopic (exact) mass is 411 g/mol. The van der Waals surface area contributed by atoms with Crippen molar-refractivity contribution in [3.63, 3.8) is 0 Å². The Morgan fingerprint density at radius 3 is 2.61 bits per heavy atom. The van der Waals surface area contributed by atoms with E-state index < -0.39 is 0 Å². The van der Waals surface area contributed by atoms with E-state index in [4.69, 9.17) is 0 Å². The number of rotatable bonds is 5. The van der Waals surface area contributed by atoms with Gasteiger partial charge in [-0.05, 0) is 24.3 Å². The minimum absolute atomic E-state index is 0.0128. The molecular formula is C21H17N9O. The summed E-state index contributed by atoms with van der Waals surface area (Å²) in [5.41, 5.74) is 4.06. The second-order valence-corrected chi connectivity index (χ2v) is 6.81. The number of nitrogens with one attached hydrogen (secondary N) is 1. The van der Waals surface area contributed by atoms with Crippen LogP contribution >= 0.6 is 0 Å². The quantitative estimate of drug-likeness (QED) is 0.472. The van der Waals surface area contributed by atoms with Crippen LogP contribution in [-0.2, 0) is 18.4 Å². The number of hydrogen-bond acceptors (Lipinski definition) is 7. The van der Waals surface area contributed by atoms with Gasteiger partial charge in [0.2, 0.25) is 5.91 Å². The van der Waals surface area contributed by atoms with Crippen molar-refractivity contribution in [3.8, 4) is 22.5 Å². The van der Waals surface area contributed by atoms with Crippen molar-refractivity contribution in [2.45, 2.75) is 6.54 Å². The Hall–Kier alpha value is -4.47. The lowest BCUT2D eigenvalue weighted by atomic mass is 10.1. The maximum atomic E-state index is 12.6. The van der Waals surface area contributed by atoms with Crippen molar-refractivity contribution in [3.05, 3.63) is 67.6 Å². The first-order chi connectivity index (χ1) is 15.2. The van der Waals surface area contributed by atoms with Crippen molar-refractivity contribution in [2.24, 2.45) is 7.05 Å². The molecule has 10 nitrogen and oxygen atoms in total. The highest BCUT2D eigenvalue weighted by atomic mass is 16.2. The average Bonchev–Trinajstić information content (AvgIpc) is 3.41. The molecule has 5 aromatic rings. The molecule has 0 unspecified atom stereocenters. The molecule has 0 aliphatic rings. The van der Waals surface area contributed by atoms with Crippen LogP contribution in [0.15, 0.2) is 67.6 Å². The molecule has 0 radical (unpaired) electrons. The fourth-order valence-electron chi connectivity index (χ4n) is 3.34. The number of anilines is 1. The van der Waals surface area contributed by atoms with Gasteiger partial charge >= 0.3 is 0 Å². The Kier molecular flexibility index (Phi) is 4.64. The Balaban J connectivity index is 1.33. The number of carbonyl (C=O) groups excluding carboxylic acids is 1. The summed E-state index contributed by atoms with van der Waals surface area (Å²) in [6.45, 7) is 0.0128. The molecule has 0 fully saturated rings. The van der Waals surface area contributed by atoms with Gasteiger partial charge in [0.05, 0.1) is 23.8 Å². The Labute approximate surface area is 176 Å². The van der Waals surface area contributed by atoms with Gasteiger partial charge in [-0.25, -0.2) is 14.6 Å². The van der Waals surface area contributed by atoms with Crippen LogP contribution in [-0.4, -0.2) is 45.4 Å². The lowest BCUT2D eigenvalue weighted by Gasteiger charge is -2.07. The number of aryl methyl sites for hydroxylation is 1. The minimum atomic E-state index is -0.252. The molecule has 5 heterocycles. The summed E-state index contributed by atoms with van der Waals surface area (Å²) in [5.74, 6) is 0.190. The number of carbonyl (C=O) groups is 1. The lowest BCUT2D eigenvalue weighted by Crippen LogP contribution is -2.20. The first kappa shape index (κ1) is 18.6. The molecule has 0 aliphatic carbocycles. The number of fused-ring (bicyclic) bond motifs is 1. The second kappa shape index (κ2) is 7.75. The van der Waals surface area contributed by atoms with E-state index in [1.54, 1.807) is 58.8 Å². The molecule has 1 N–H and O–H groups in total. The van der Waals surface area contributed by atoms with E-state index in [1.165, 1.54) is 0 Å². The van der Waals surface area contributed by atoms with Crippen LogP contribution in [0, 0.1) is 0 Å². The van der Waals surface area contributed by atoms with E-state index in [0.717, 1.165) is 22.2 Å². The van der Waals surface area contributed by atoms with E-state index >= 15 is 0 Å². The van der Waals surface area contributed by atoms with Gasteiger partial charge in [0, 0.05) is 54.5 Å². The number of nitrogens with zero attached hydrogens (tertiary/aromatic N) is 8. The Morgan fingerprint density at radius 1 is 0.935 bits per heavy atom. The van der Waals surface area contributed by atoms with Crippen molar-refractivity contribution < 1.29 is 4.79 Å². The van der Waals surface area contributed by atoms with E-state index in [9.17, 15) is 4.79 Å². The van der Waals surface area contributed by atoms with Gasteiger partial charge in [-0.3, -0.25) is 19.4 Å². The summed E-state index contributed by atoms with van der Waals surface area (Å²) < 4.78 is 3.35. The maximum Gasteiger partial charge on any atom is 0.247 e. The first-order valence-electron chi connectivity index (χ1n) is 9.50. The van der Waals surface area contributed by atoms with Crippen LogP contribution in [0.4, 0.5) is 5.82 Å². The summed E-state index contributed by atoms with van der Waals surface area (Å²) in [6.07, 6.45) is 11.7. The topological polar surface area (TPSA) is 116 Å². The van der Waals surface area contributed by atoms with E-state index in [-0.39, 0.29) is 12.5 Å². The minimum Gasteiger partial charge on any atom is -0.309 e. The summed E-state index contributed by atoms with van der Waals surface area (Å²) >= 11 is 0. The fourth-order valence-corrected chi connectivity index (χ4v) is 3.34. The van der Waals surface area contributed by atoms with Gasteiger partial charge in [-0.1, -0.05) is 0 Å². The third-order valence-electron chi connectivity index (χ3n) is 4.82. The molecular weight excluding hydrogens is 394 g/mol. The average molecular weight is 411 g/mol. The molecule has 0 spiro atoms. The van der Waals surface area contributed by atoms with Crippen molar-refractivity contribution in [2.75, 3.05) is 5.32 Å². The van der Waals surface area contributed by atoms with Crippen molar-refractivity contribution in [1.29, 1.82) is 0 Å². The highest BCUT2D eigenvalue weighted by Gasteiger charge is 2.14. The van der Waals surface area contributed by atoms with Gasteiger partial charge in [0.15, 0.2) is 5.65 Å². The van der Waals surface area contributed by atoms with Crippen LogP contribution in [0.2, 0.25) is 0 Å². The van der Waals surface area contributed by atoms with Gasteiger partial charge in [-0.15, -0.1) is 0 Å². The maximum absolute atomic E-state index is 12.6. The molecule has 0 aliphatic heterocycles. The molecule has 10 heteroatoms. The van der Waals surface area contributed by atoms with Crippen LogP contribution in [0.5, 0.6) is 0 Å². The van der Waals surface area contributed by atoms with Gasteiger partial charge in [0.1, 0.15) is 12.4 Å². The molecule has 31 heavy (non-hydrogen) atoms. The molecule has 5 aromatic heterocycles. The predicted octanol–water partition coefficient (Wildman–Crippen LogP) is 2.32. The number of hydrogen-bond donors (Lipinski definition) is 1.